The van der Waals surface area contributed by atoms with Gasteiger partial charge in [-0.2, -0.15) is 0 Å². The Kier molecular flexibility index (Phi) is 4.05. The van der Waals surface area contributed by atoms with Gasteiger partial charge in [-0.15, -0.1) is 0 Å². The first-order valence-corrected chi connectivity index (χ1v) is 7.48. The van der Waals surface area contributed by atoms with E-state index < -0.39 is 22.8 Å². The molecule has 0 aliphatic rings. The summed E-state index contributed by atoms with van der Waals surface area (Å²) < 4.78 is 6.98. The van der Waals surface area contributed by atoms with Crippen molar-refractivity contribution < 1.29 is 9.21 Å². The van der Waals surface area contributed by atoms with E-state index in [2.05, 4.69) is 5.32 Å². The van der Waals surface area contributed by atoms with Gasteiger partial charge in [0.15, 0.2) is 0 Å². The van der Waals surface area contributed by atoms with Crippen LogP contribution in [0.25, 0.3) is 11.1 Å². The van der Waals surface area contributed by atoms with Gasteiger partial charge in [0.1, 0.15) is 11.1 Å². The molecule has 0 bridgehead atoms. The number of carbonyl (C=O) groups excluding carboxylic acids is 1. The lowest BCUT2D eigenvalue weighted by Gasteiger charge is -2.08. The molecule has 2 heterocycles. The Morgan fingerprint density at radius 2 is 1.84 bits per heavy atom. The van der Waals surface area contributed by atoms with Gasteiger partial charge in [0.2, 0.25) is 5.71 Å². The van der Waals surface area contributed by atoms with Crippen LogP contribution in [0.15, 0.2) is 49.1 Å². The molecular formula is C16H12ClN3O5. The monoisotopic (exact) mass is 361 g/mol. The van der Waals surface area contributed by atoms with Crippen molar-refractivity contribution in [2.45, 2.75) is 0 Å². The molecule has 2 aromatic heterocycles. The molecule has 8 nitrogen and oxygen atoms in total. The highest BCUT2D eigenvalue weighted by molar-refractivity contribution is 6.31. The van der Waals surface area contributed by atoms with Crippen molar-refractivity contribution in [3.63, 3.8) is 0 Å². The minimum atomic E-state index is -0.883. The molecule has 3 aromatic rings. The number of aromatic nitrogens is 2. The molecular weight excluding hydrogens is 350 g/mol. The quantitative estimate of drug-likeness (QED) is 0.736. The van der Waals surface area contributed by atoms with E-state index >= 15 is 0 Å². The minimum Gasteiger partial charge on any atom is -0.404 e. The number of nitrogens with zero attached hydrogens (tertiary/aromatic N) is 2. The molecule has 3 rings (SSSR count). The van der Waals surface area contributed by atoms with E-state index in [1.165, 1.54) is 32.3 Å². The fraction of sp³-hybridized carbons (Fsp3) is 0.125. The zero-order valence-corrected chi connectivity index (χ0v) is 14.0. The summed E-state index contributed by atoms with van der Waals surface area (Å²) in [6, 6.07) is 7.33. The Balaban J connectivity index is 2.13. The molecule has 0 saturated carbocycles. The van der Waals surface area contributed by atoms with Crippen LogP contribution in [0.3, 0.4) is 0 Å². The molecule has 0 aliphatic carbocycles. The fourth-order valence-corrected chi connectivity index (χ4v) is 2.55. The SMILES string of the molecule is Cn1c(=O)c2cc(NC(=O)c3cccc(Cl)c3)c(=O)oc2n(C)c1=O. The van der Waals surface area contributed by atoms with Gasteiger partial charge in [0.05, 0.1) is 0 Å². The van der Waals surface area contributed by atoms with Gasteiger partial charge in [-0.25, -0.2) is 9.59 Å². The highest BCUT2D eigenvalue weighted by Crippen LogP contribution is 2.14. The largest absolute Gasteiger partial charge is 0.404 e. The second-order valence-corrected chi connectivity index (χ2v) is 5.77. The molecule has 0 spiro atoms. The number of rotatable bonds is 2. The molecule has 1 N–H and O–H groups in total. The maximum absolute atomic E-state index is 12.2. The predicted molar refractivity (Wildman–Crippen MR) is 92.4 cm³/mol. The molecule has 0 aliphatic heterocycles. The zero-order chi connectivity index (χ0) is 18.3. The molecule has 0 atom stereocenters. The summed E-state index contributed by atoms with van der Waals surface area (Å²) in [7, 11) is 2.68. The van der Waals surface area contributed by atoms with Crippen molar-refractivity contribution in [2.24, 2.45) is 14.1 Å². The average molecular weight is 362 g/mol. The number of fused-ring (bicyclic) bond motifs is 1. The maximum Gasteiger partial charge on any atom is 0.361 e. The van der Waals surface area contributed by atoms with Crippen molar-refractivity contribution in [1.82, 2.24) is 9.13 Å². The summed E-state index contributed by atoms with van der Waals surface area (Å²) in [5, 5.41) is 2.74. The second kappa shape index (κ2) is 6.06. The van der Waals surface area contributed by atoms with Gasteiger partial charge < -0.3 is 9.73 Å². The normalized spacial score (nSPS) is 10.8. The molecule has 0 saturated heterocycles. The molecule has 1 amide bonds. The van der Waals surface area contributed by atoms with E-state index in [0.717, 1.165) is 9.13 Å². The third-order valence-corrected chi connectivity index (χ3v) is 3.91. The standard InChI is InChI=1S/C16H12ClN3O5/c1-19-13(22)10-7-11(15(23)25-14(10)20(2)16(19)24)18-12(21)8-4-3-5-9(17)6-8/h3-7H,1-2H3,(H,18,21). The van der Waals surface area contributed by atoms with Gasteiger partial charge in [0, 0.05) is 24.7 Å². The molecule has 128 valence electrons. The first-order valence-electron chi connectivity index (χ1n) is 7.10. The van der Waals surface area contributed by atoms with Crippen molar-refractivity contribution in [3.05, 3.63) is 72.2 Å². The average Bonchev–Trinajstić information content (AvgIpc) is 2.59. The summed E-state index contributed by atoms with van der Waals surface area (Å²) in [5.41, 5.74) is -2.30. The van der Waals surface area contributed by atoms with E-state index in [1.807, 2.05) is 0 Å². The maximum atomic E-state index is 12.2. The zero-order valence-electron chi connectivity index (χ0n) is 13.2. The summed E-state index contributed by atoms with van der Waals surface area (Å²) in [6.45, 7) is 0. The van der Waals surface area contributed by atoms with Gasteiger partial charge in [-0.3, -0.25) is 18.7 Å². The van der Waals surface area contributed by atoms with Crippen LogP contribution in [0.5, 0.6) is 0 Å². The predicted octanol–water partition coefficient (Wildman–Crippen LogP) is 1.10. The van der Waals surface area contributed by atoms with Crippen LogP contribution in [-0.4, -0.2) is 15.0 Å². The summed E-state index contributed by atoms with van der Waals surface area (Å²) in [4.78, 5) is 48.4. The number of hydrogen-bond donors (Lipinski definition) is 1. The van der Waals surface area contributed by atoms with Crippen LogP contribution < -0.4 is 22.2 Å². The van der Waals surface area contributed by atoms with Gasteiger partial charge in [0.25, 0.3) is 11.5 Å². The molecule has 0 unspecified atom stereocenters. The Morgan fingerprint density at radius 1 is 1.12 bits per heavy atom. The number of halogens is 1. The van der Waals surface area contributed by atoms with Crippen LogP contribution in [0.1, 0.15) is 10.4 Å². The van der Waals surface area contributed by atoms with Crippen LogP contribution >= 0.6 is 11.6 Å². The number of carbonyl (C=O) groups is 1. The number of hydrogen-bond acceptors (Lipinski definition) is 5. The topological polar surface area (TPSA) is 103 Å². The molecule has 0 fully saturated rings. The van der Waals surface area contributed by atoms with Crippen LogP contribution in [0.4, 0.5) is 5.69 Å². The Morgan fingerprint density at radius 3 is 2.52 bits per heavy atom. The van der Waals surface area contributed by atoms with Crippen molar-refractivity contribution in [1.29, 1.82) is 0 Å². The van der Waals surface area contributed by atoms with E-state index in [0.29, 0.717) is 5.02 Å². The van der Waals surface area contributed by atoms with Crippen LogP contribution in [0.2, 0.25) is 5.02 Å². The lowest BCUT2D eigenvalue weighted by molar-refractivity contribution is 0.102. The minimum absolute atomic E-state index is 0.00871. The van der Waals surface area contributed by atoms with E-state index in [-0.39, 0.29) is 22.4 Å². The lowest BCUT2D eigenvalue weighted by Crippen LogP contribution is -2.37. The van der Waals surface area contributed by atoms with Crippen molar-refractivity contribution in [2.75, 3.05) is 5.32 Å². The van der Waals surface area contributed by atoms with Gasteiger partial charge in [-0.05, 0) is 24.3 Å². The molecule has 25 heavy (non-hydrogen) atoms. The molecule has 9 heteroatoms. The Labute approximate surface area is 144 Å². The third-order valence-electron chi connectivity index (χ3n) is 3.68. The smallest absolute Gasteiger partial charge is 0.361 e. The number of anilines is 1. The van der Waals surface area contributed by atoms with Crippen LogP contribution in [-0.2, 0) is 14.1 Å². The summed E-state index contributed by atoms with van der Waals surface area (Å²) >= 11 is 5.84. The highest BCUT2D eigenvalue weighted by Gasteiger charge is 2.16. The number of amides is 1. The van der Waals surface area contributed by atoms with Gasteiger partial charge >= 0.3 is 11.3 Å². The Hall–Kier alpha value is -3.13. The van der Waals surface area contributed by atoms with E-state index in [9.17, 15) is 19.2 Å². The fourth-order valence-electron chi connectivity index (χ4n) is 2.36. The van der Waals surface area contributed by atoms with Crippen molar-refractivity contribution >= 4 is 34.3 Å². The Bertz CT molecular complexity index is 1190. The number of nitrogens with one attached hydrogen (secondary N) is 1. The number of aryl methyl sites for hydroxylation is 1. The van der Waals surface area contributed by atoms with Crippen LogP contribution in [0, 0.1) is 0 Å². The van der Waals surface area contributed by atoms with Gasteiger partial charge in [-0.1, -0.05) is 17.7 Å². The highest BCUT2D eigenvalue weighted by atomic mass is 35.5. The van der Waals surface area contributed by atoms with E-state index in [1.54, 1.807) is 12.1 Å². The lowest BCUT2D eigenvalue weighted by atomic mass is 10.2. The first-order chi connectivity index (χ1) is 11.8. The molecule has 0 radical (unpaired) electrons. The van der Waals surface area contributed by atoms with Crippen molar-refractivity contribution in [3.8, 4) is 0 Å². The second-order valence-electron chi connectivity index (χ2n) is 5.34. The first kappa shape index (κ1) is 16.7. The molecule has 1 aromatic carbocycles. The van der Waals surface area contributed by atoms with E-state index in [4.69, 9.17) is 16.0 Å². The summed E-state index contributed by atoms with van der Waals surface area (Å²) in [6.07, 6.45) is 0. The number of benzene rings is 1. The third kappa shape index (κ3) is 2.87. The summed E-state index contributed by atoms with van der Waals surface area (Å²) in [5.74, 6) is -0.587.